The second-order valence-electron chi connectivity index (χ2n) is 8.43. The summed E-state index contributed by atoms with van der Waals surface area (Å²) in [4.78, 5) is 19.1. The minimum atomic E-state index is 0.0414. The summed E-state index contributed by atoms with van der Waals surface area (Å²) >= 11 is 0. The van der Waals surface area contributed by atoms with Crippen LogP contribution >= 0.6 is 0 Å². The van der Waals surface area contributed by atoms with Crippen LogP contribution in [0.1, 0.15) is 32.3 Å². The molecule has 1 atom stereocenters. The molecule has 0 spiro atoms. The zero-order chi connectivity index (χ0) is 20.7. The Bertz CT molecular complexity index is 1100. The van der Waals surface area contributed by atoms with Crippen molar-refractivity contribution in [2.24, 2.45) is 11.7 Å². The summed E-state index contributed by atoms with van der Waals surface area (Å²) in [6, 6.07) is 4.16. The van der Waals surface area contributed by atoms with Crippen molar-refractivity contribution in [1.29, 1.82) is 0 Å². The number of piperidine rings is 1. The minimum Gasteiger partial charge on any atom is -0.382 e. The molecule has 154 valence electrons. The van der Waals surface area contributed by atoms with E-state index in [0.29, 0.717) is 23.8 Å². The molecule has 0 aromatic carbocycles. The van der Waals surface area contributed by atoms with Crippen LogP contribution in [0.5, 0.6) is 0 Å². The minimum absolute atomic E-state index is 0.0414. The molecule has 29 heavy (non-hydrogen) atoms. The maximum atomic E-state index is 12.6. The van der Waals surface area contributed by atoms with Gasteiger partial charge in [0.1, 0.15) is 11.8 Å². The highest BCUT2D eigenvalue weighted by molar-refractivity contribution is 5.88. The smallest absolute Gasteiger partial charge is 0.253 e. The van der Waals surface area contributed by atoms with E-state index in [-0.39, 0.29) is 11.6 Å². The molecule has 0 radical (unpaired) electrons. The van der Waals surface area contributed by atoms with Crippen molar-refractivity contribution >= 4 is 17.0 Å². The molecule has 1 saturated heterocycles. The van der Waals surface area contributed by atoms with Crippen LogP contribution in [-0.4, -0.2) is 38.3 Å². The number of aryl methyl sites for hydroxylation is 1. The van der Waals surface area contributed by atoms with Gasteiger partial charge in [0.15, 0.2) is 5.82 Å². The first-order valence-electron chi connectivity index (χ1n) is 10.2. The fourth-order valence-corrected chi connectivity index (χ4v) is 4.18. The fourth-order valence-electron chi connectivity index (χ4n) is 4.18. The first kappa shape index (κ1) is 19.4. The van der Waals surface area contributed by atoms with Crippen molar-refractivity contribution in [3.8, 4) is 11.3 Å². The van der Waals surface area contributed by atoms with E-state index in [2.05, 4.69) is 34.9 Å². The van der Waals surface area contributed by atoms with Crippen LogP contribution in [0.4, 0.5) is 11.5 Å². The molecule has 4 heterocycles. The van der Waals surface area contributed by atoms with E-state index in [1.165, 1.54) is 6.33 Å². The monoisotopic (exact) mass is 395 g/mol. The molecule has 0 unspecified atom stereocenters. The highest BCUT2D eigenvalue weighted by atomic mass is 16.1. The molecular formula is C21H29N7O. The van der Waals surface area contributed by atoms with E-state index in [1.807, 2.05) is 23.7 Å². The van der Waals surface area contributed by atoms with Gasteiger partial charge in [-0.1, -0.05) is 13.8 Å². The summed E-state index contributed by atoms with van der Waals surface area (Å²) in [7, 11) is 0. The molecule has 3 aromatic rings. The number of hydrogen-bond acceptors (Lipinski definition) is 6. The first-order chi connectivity index (χ1) is 13.8. The summed E-state index contributed by atoms with van der Waals surface area (Å²) in [5, 5.41) is 4.48. The Labute approximate surface area is 170 Å². The Morgan fingerprint density at radius 3 is 2.83 bits per heavy atom. The van der Waals surface area contributed by atoms with Crippen LogP contribution in [0.3, 0.4) is 0 Å². The van der Waals surface area contributed by atoms with Gasteiger partial charge in [0.25, 0.3) is 5.56 Å². The Balaban J connectivity index is 1.90. The van der Waals surface area contributed by atoms with E-state index < -0.39 is 0 Å². The number of nitrogens with two attached hydrogens (primary N) is 2. The first-order valence-corrected chi connectivity index (χ1v) is 10.2. The molecule has 0 aliphatic carbocycles. The summed E-state index contributed by atoms with van der Waals surface area (Å²) in [5.74, 6) is 0.808. The van der Waals surface area contributed by atoms with Gasteiger partial charge in [0, 0.05) is 43.0 Å². The van der Waals surface area contributed by atoms with Gasteiger partial charge >= 0.3 is 0 Å². The number of pyridine rings is 1. The van der Waals surface area contributed by atoms with Crippen LogP contribution in [0.25, 0.3) is 16.8 Å². The topological polar surface area (TPSA) is 107 Å². The Morgan fingerprint density at radius 2 is 2.10 bits per heavy atom. The lowest BCUT2D eigenvalue weighted by Crippen LogP contribution is -2.42. The normalized spacial score (nSPS) is 17.4. The van der Waals surface area contributed by atoms with Gasteiger partial charge in [0.05, 0.1) is 11.4 Å². The third kappa shape index (κ3) is 3.60. The van der Waals surface area contributed by atoms with Crippen molar-refractivity contribution in [2.45, 2.75) is 46.2 Å². The Kier molecular flexibility index (Phi) is 5.04. The zero-order valence-corrected chi connectivity index (χ0v) is 17.3. The largest absolute Gasteiger partial charge is 0.382 e. The van der Waals surface area contributed by atoms with Crippen LogP contribution in [0, 0.1) is 12.8 Å². The lowest BCUT2D eigenvalue weighted by molar-refractivity contribution is 0.507. The zero-order valence-electron chi connectivity index (χ0n) is 17.3. The second-order valence-corrected chi connectivity index (χ2v) is 8.43. The molecule has 1 aliphatic heterocycles. The summed E-state index contributed by atoms with van der Waals surface area (Å²) in [6.45, 7) is 8.43. The summed E-state index contributed by atoms with van der Waals surface area (Å²) in [5.41, 5.74) is 16.8. The van der Waals surface area contributed by atoms with Crippen LogP contribution < -0.4 is 21.9 Å². The highest BCUT2D eigenvalue weighted by Crippen LogP contribution is 2.35. The number of nitrogens with zero attached hydrogens (tertiary/aromatic N) is 5. The molecule has 0 bridgehead atoms. The number of aromatic nitrogens is 4. The van der Waals surface area contributed by atoms with E-state index in [1.54, 1.807) is 4.57 Å². The molecule has 0 amide bonds. The third-order valence-electron chi connectivity index (χ3n) is 5.48. The number of hydrogen-bond donors (Lipinski definition) is 2. The van der Waals surface area contributed by atoms with E-state index in [0.717, 1.165) is 48.4 Å². The maximum Gasteiger partial charge on any atom is 0.253 e. The Morgan fingerprint density at radius 1 is 1.31 bits per heavy atom. The highest BCUT2D eigenvalue weighted by Gasteiger charge is 2.24. The fraction of sp³-hybridized carbons (Fsp3) is 0.476. The van der Waals surface area contributed by atoms with Gasteiger partial charge in [-0.25, -0.2) is 9.50 Å². The number of anilines is 2. The molecule has 0 saturated carbocycles. The second kappa shape index (κ2) is 7.51. The standard InChI is InChI=1S/C21H29N7O/c1-13(2)9-27-10-15(7-14(3)21(27)29)17-8-18(26-6-4-5-16(22)11-26)19-20(23)24-12-25-28(17)19/h7-8,10,12-13,16H,4-6,9,11,22H2,1-3H3,(H2,23,24,25)/t16-/m1/s1. The summed E-state index contributed by atoms with van der Waals surface area (Å²) in [6.07, 6.45) is 5.45. The molecule has 8 nitrogen and oxygen atoms in total. The molecular weight excluding hydrogens is 366 g/mol. The van der Waals surface area contributed by atoms with E-state index in [4.69, 9.17) is 11.5 Å². The van der Waals surface area contributed by atoms with Crippen LogP contribution in [-0.2, 0) is 6.54 Å². The predicted octanol–water partition coefficient (Wildman–Crippen LogP) is 2.03. The third-order valence-corrected chi connectivity index (χ3v) is 5.48. The maximum absolute atomic E-state index is 12.6. The van der Waals surface area contributed by atoms with Gasteiger partial charge in [-0.2, -0.15) is 5.10 Å². The SMILES string of the molecule is Cc1cc(-c2cc(N3CCC[C@@H](N)C3)c3c(N)ncnn23)cn(CC(C)C)c1=O. The molecule has 8 heteroatoms. The van der Waals surface area contributed by atoms with Crippen LogP contribution in [0.15, 0.2) is 29.5 Å². The number of nitrogen functional groups attached to an aromatic ring is 1. The van der Waals surface area contributed by atoms with Gasteiger partial charge in [-0.05, 0) is 37.8 Å². The Hall–Kier alpha value is -2.87. The molecule has 4 rings (SSSR count). The molecule has 3 aromatic heterocycles. The van der Waals surface area contributed by atoms with Crippen LogP contribution in [0.2, 0.25) is 0 Å². The molecule has 1 aliphatic rings. The predicted molar refractivity (Wildman–Crippen MR) is 116 cm³/mol. The van der Waals surface area contributed by atoms with E-state index >= 15 is 0 Å². The van der Waals surface area contributed by atoms with Crippen molar-refractivity contribution < 1.29 is 0 Å². The van der Waals surface area contributed by atoms with Gasteiger partial charge in [-0.15, -0.1) is 0 Å². The van der Waals surface area contributed by atoms with Crippen molar-refractivity contribution in [3.63, 3.8) is 0 Å². The number of fused-ring (bicyclic) bond motifs is 1. The average molecular weight is 396 g/mol. The van der Waals surface area contributed by atoms with Gasteiger partial charge in [-0.3, -0.25) is 4.79 Å². The molecule has 1 fully saturated rings. The van der Waals surface area contributed by atoms with Crippen molar-refractivity contribution in [3.05, 3.63) is 40.6 Å². The quantitative estimate of drug-likeness (QED) is 0.700. The van der Waals surface area contributed by atoms with Crippen molar-refractivity contribution in [2.75, 3.05) is 23.7 Å². The lowest BCUT2D eigenvalue weighted by atomic mass is 10.1. The average Bonchev–Trinajstić information content (AvgIpc) is 3.06. The van der Waals surface area contributed by atoms with Gasteiger partial charge < -0.3 is 20.9 Å². The summed E-state index contributed by atoms with van der Waals surface area (Å²) < 4.78 is 3.62. The van der Waals surface area contributed by atoms with E-state index in [9.17, 15) is 4.79 Å². The van der Waals surface area contributed by atoms with Crippen molar-refractivity contribution in [1.82, 2.24) is 19.2 Å². The lowest BCUT2D eigenvalue weighted by Gasteiger charge is -2.32. The molecule has 4 N–H and O–H groups in total. The van der Waals surface area contributed by atoms with Gasteiger partial charge in [0.2, 0.25) is 0 Å². The number of rotatable bonds is 4.